The largest absolute Gasteiger partial charge is 0.343 e. The number of rotatable bonds is 6. The maximum Gasteiger partial charge on any atom is 0.235 e. The Hall–Kier alpha value is -3.16. The highest BCUT2D eigenvalue weighted by atomic mass is 16.2. The molecule has 2 aliphatic rings. The van der Waals surface area contributed by atoms with Crippen LogP contribution in [-0.4, -0.2) is 63.2 Å². The lowest BCUT2D eigenvalue weighted by molar-refractivity contribution is 0.0576. The topological polar surface area (TPSA) is 79.7 Å². The van der Waals surface area contributed by atoms with Crippen LogP contribution in [0.25, 0.3) is 21.8 Å². The number of piperidine rings is 2. The number of carbonyl (C=O) groups is 2. The van der Waals surface area contributed by atoms with E-state index in [4.69, 9.17) is 0 Å². The summed E-state index contributed by atoms with van der Waals surface area (Å²) in [6, 6.07) is 10.2. The molecule has 40 heavy (non-hydrogen) atoms. The Morgan fingerprint density at radius 1 is 0.600 bits per heavy atom. The third kappa shape index (κ3) is 4.83. The summed E-state index contributed by atoms with van der Waals surface area (Å²) in [5.41, 5.74) is -0.760. The molecule has 0 amide bonds. The molecule has 2 fully saturated rings. The summed E-state index contributed by atoms with van der Waals surface area (Å²) in [5.74, 6) is -0.121. The number of fused-ring (bicyclic) bond motifs is 2. The third-order valence-electron chi connectivity index (χ3n) is 9.34. The van der Waals surface area contributed by atoms with Crippen LogP contribution in [0.1, 0.15) is 86.9 Å². The van der Waals surface area contributed by atoms with Crippen LogP contribution in [0.15, 0.2) is 46.0 Å². The van der Waals surface area contributed by atoms with Crippen molar-refractivity contribution in [3.8, 4) is 0 Å². The van der Waals surface area contributed by atoms with Gasteiger partial charge in [0.25, 0.3) is 0 Å². The Morgan fingerprint density at radius 2 is 0.950 bits per heavy atom. The number of nitrogens with zero attached hydrogens (tertiary/aromatic N) is 3. The summed E-state index contributed by atoms with van der Waals surface area (Å²) in [7, 11) is 1.81. The molecule has 5 rings (SSSR count). The lowest BCUT2D eigenvalue weighted by atomic mass is 9.89. The van der Waals surface area contributed by atoms with Crippen LogP contribution in [-0.2, 0) is 7.05 Å². The molecule has 2 saturated heterocycles. The normalized spacial score (nSPS) is 17.8. The van der Waals surface area contributed by atoms with Gasteiger partial charge in [0, 0.05) is 18.2 Å². The van der Waals surface area contributed by atoms with Crippen molar-refractivity contribution < 1.29 is 9.59 Å². The van der Waals surface area contributed by atoms with Gasteiger partial charge in [-0.2, -0.15) is 0 Å². The van der Waals surface area contributed by atoms with Crippen molar-refractivity contribution in [2.24, 2.45) is 7.05 Å². The fourth-order valence-corrected chi connectivity index (χ4v) is 6.58. The minimum atomic E-state index is -0.711. The predicted molar refractivity (Wildman–Crippen MR) is 161 cm³/mol. The first kappa shape index (κ1) is 28.4. The Morgan fingerprint density at radius 3 is 1.30 bits per heavy atom. The van der Waals surface area contributed by atoms with E-state index in [9.17, 15) is 19.2 Å². The maximum absolute atomic E-state index is 13.7. The van der Waals surface area contributed by atoms with Crippen molar-refractivity contribution in [3.63, 3.8) is 0 Å². The summed E-state index contributed by atoms with van der Waals surface area (Å²) >= 11 is 0. The summed E-state index contributed by atoms with van der Waals surface area (Å²) in [6.45, 7) is 11.2. The highest BCUT2D eigenvalue weighted by Crippen LogP contribution is 2.28. The molecule has 3 aromatic rings. The molecule has 0 radical (unpaired) electrons. The second-order valence-electron chi connectivity index (χ2n) is 12.6. The number of benzene rings is 2. The van der Waals surface area contributed by atoms with Gasteiger partial charge in [0.05, 0.1) is 32.9 Å². The maximum atomic E-state index is 13.7. The highest BCUT2D eigenvalue weighted by molar-refractivity contribution is 6.06. The molecule has 3 heterocycles. The number of hydrogen-bond acceptors (Lipinski definition) is 6. The number of aryl methyl sites for hydroxylation is 1. The Kier molecular flexibility index (Phi) is 7.57. The Labute approximate surface area is 235 Å². The minimum Gasteiger partial charge on any atom is -0.343 e. The van der Waals surface area contributed by atoms with Gasteiger partial charge < -0.3 is 4.57 Å². The van der Waals surface area contributed by atoms with E-state index in [1.807, 2.05) is 39.3 Å². The third-order valence-corrected chi connectivity index (χ3v) is 9.34. The van der Waals surface area contributed by atoms with Gasteiger partial charge in [0.2, 0.25) is 10.9 Å². The first-order valence-corrected chi connectivity index (χ1v) is 14.6. The van der Waals surface area contributed by atoms with Gasteiger partial charge in [0.15, 0.2) is 11.6 Å². The van der Waals surface area contributed by atoms with E-state index in [1.54, 1.807) is 36.4 Å². The van der Waals surface area contributed by atoms with Crippen molar-refractivity contribution in [1.29, 1.82) is 0 Å². The molecular weight excluding hydrogens is 502 g/mol. The summed E-state index contributed by atoms with van der Waals surface area (Å²) in [4.78, 5) is 59.0. The van der Waals surface area contributed by atoms with E-state index < -0.39 is 21.9 Å². The molecule has 2 aromatic carbocycles. The van der Waals surface area contributed by atoms with Crippen molar-refractivity contribution >= 4 is 33.4 Å². The fourth-order valence-electron chi connectivity index (χ4n) is 6.58. The molecule has 0 spiro atoms. The fraction of sp³-hybridized carbons (Fsp3) is 0.515. The van der Waals surface area contributed by atoms with Crippen LogP contribution in [0.4, 0.5) is 0 Å². The number of ketones is 2. The lowest BCUT2D eigenvalue weighted by Crippen LogP contribution is -2.52. The summed E-state index contributed by atoms with van der Waals surface area (Å²) < 4.78 is 1.81. The Bertz CT molecular complexity index is 1490. The van der Waals surface area contributed by atoms with Crippen LogP contribution >= 0.6 is 0 Å². The average molecular weight is 544 g/mol. The smallest absolute Gasteiger partial charge is 0.235 e. The summed E-state index contributed by atoms with van der Waals surface area (Å²) in [5, 5.41) is 0.427. The van der Waals surface area contributed by atoms with Crippen LogP contribution in [0, 0.1) is 0 Å². The Balaban J connectivity index is 1.60. The number of Topliss-reactive ketones (excluding diaryl/α,β-unsaturated/α-hetero) is 2. The molecule has 0 N–H and O–H groups in total. The first-order chi connectivity index (χ1) is 18.9. The monoisotopic (exact) mass is 543 g/mol. The average Bonchev–Trinajstić information content (AvgIpc) is 3.06. The van der Waals surface area contributed by atoms with E-state index in [0.717, 1.165) is 51.9 Å². The number of hydrogen-bond donors (Lipinski definition) is 0. The van der Waals surface area contributed by atoms with Gasteiger partial charge in [-0.05, 0) is 116 Å². The number of aromatic nitrogens is 1. The molecule has 1 aromatic heterocycles. The minimum absolute atomic E-state index is 0.0605. The molecule has 7 heteroatoms. The molecule has 0 bridgehead atoms. The van der Waals surface area contributed by atoms with Crippen LogP contribution < -0.4 is 10.9 Å². The van der Waals surface area contributed by atoms with Gasteiger partial charge in [-0.3, -0.25) is 29.0 Å². The van der Waals surface area contributed by atoms with Gasteiger partial charge in [-0.15, -0.1) is 0 Å². The highest BCUT2D eigenvalue weighted by Gasteiger charge is 2.37. The van der Waals surface area contributed by atoms with E-state index >= 15 is 0 Å². The van der Waals surface area contributed by atoms with E-state index in [1.165, 1.54) is 12.8 Å². The van der Waals surface area contributed by atoms with Gasteiger partial charge in [0.1, 0.15) is 0 Å². The van der Waals surface area contributed by atoms with Crippen LogP contribution in [0.3, 0.4) is 0 Å². The second-order valence-corrected chi connectivity index (χ2v) is 12.6. The van der Waals surface area contributed by atoms with E-state index in [0.29, 0.717) is 22.2 Å². The lowest BCUT2D eigenvalue weighted by Gasteiger charge is -2.39. The molecule has 0 aliphatic carbocycles. The quantitative estimate of drug-likeness (QED) is 0.324. The SMILES string of the molecule is Cn1c2ccc(C(=O)C(C)(C)N3CCCCC3)cc2c(=O)c(=O)c2cc(C(=O)C(C)(C)N3CCCCC3)ccc21. The van der Waals surface area contributed by atoms with Crippen molar-refractivity contribution in [2.45, 2.75) is 77.3 Å². The molecule has 2 aliphatic heterocycles. The standard InChI is InChI=1S/C33H41N3O4/c1-32(2,35-16-8-6-9-17-35)30(39)22-12-14-26-24(20-22)28(37)29(38)25-21-23(13-15-27(25)34(26)5)31(40)33(3,4)36-18-10-7-11-19-36/h12-15,20-21H,6-11,16-19H2,1-5H3. The molecule has 7 nitrogen and oxygen atoms in total. The van der Waals surface area contributed by atoms with Crippen LogP contribution in [0.5, 0.6) is 0 Å². The first-order valence-electron chi connectivity index (χ1n) is 14.6. The van der Waals surface area contributed by atoms with Gasteiger partial charge >= 0.3 is 0 Å². The molecule has 0 atom stereocenters. The zero-order valence-corrected chi connectivity index (χ0v) is 24.5. The number of carbonyl (C=O) groups excluding carboxylic acids is 2. The molecule has 0 saturated carbocycles. The van der Waals surface area contributed by atoms with Gasteiger partial charge in [-0.25, -0.2) is 0 Å². The zero-order valence-electron chi connectivity index (χ0n) is 24.5. The predicted octanol–water partition coefficient (Wildman–Crippen LogP) is 4.95. The van der Waals surface area contributed by atoms with Crippen LogP contribution in [0.2, 0.25) is 0 Å². The van der Waals surface area contributed by atoms with Crippen molar-refractivity contribution in [1.82, 2.24) is 14.4 Å². The van der Waals surface area contributed by atoms with Gasteiger partial charge in [-0.1, -0.05) is 12.8 Å². The molecule has 0 unspecified atom stereocenters. The van der Waals surface area contributed by atoms with E-state index in [-0.39, 0.29) is 22.3 Å². The zero-order chi connectivity index (χ0) is 28.8. The second kappa shape index (κ2) is 10.7. The van der Waals surface area contributed by atoms with Crippen molar-refractivity contribution in [2.75, 3.05) is 26.2 Å². The van der Waals surface area contributed by atoms with E-state index in [2.05, 4.69) is 9.80 Å². The molecule has 212 valence electrons. The van der Waals surface area contributed by atoms with Crippen molar-refractivity contribution in [3.05, 3.63) is 68.0 Å². The number of likely N-dealkylation sites (tertiary alicyclic amines) is 2. The molecular formula is C33H41N3O4. The summed E-state index contributed by atoms with van der Waals surface area (Å²) in [6.07, 6.45) is 6.61.